The van der Waals surface area contributed by atoms with Gasteiger partial charge in [0.15, 0.2) is 0 Å². The van der Waals surface area contributed by atoms with Crippen molar-refractivity contribution >= 4 is 17.0 Å². The van der Waals surface area contributed by atoms with E-state index in [1.54, 1.807) is 0 Å². The normalized spacial score (nSPS) is 11.6. The largest absolute Gasteiger partial charge is 1.00 e. The second-order valence-electron chi connectivity index (χ2n) is 2.18. The molecule has 0 saturated carbocycles. The summed E-state index contributed by atoms with van der Waals surface area (Å²) < 4.78 is 26.4. The minimum atomic E-state index is -2.31. The Morgan fingerprint density at radius 3 is 2.86 bits per heavy atom. The average Bonchev–Trinajstić information content (AvgIpc) is 2.52. The Balaban J connectivity index is 0.00000169. The molecule has 0 aromatic carbocycles. The molecule has 0 bridgehead atoms. The van der Waals surface area contributed by atoms with Crippen molar-refractivity contribution in [1.29, 1.82) is 0 Å². The summed E-state index contributed by atoms with van der Waals surface area (Å²) >= 11 is -2.31. The summed E-state index contributed by atoms with van der Waals surface area (Å²) in [5.41, 5.74) is 0. The molecule has 8 heteroatoms. The standard InChI is InChI=1S/C6H8N2O4S.Na/c1-12-6(9)4-8-3-5(2-7-8)13(10)11;/h2-3H,4H2,1H3,(H,10,11);/q;+1/p-1. The first-order valence-corrected chi connectivity index (χ1v) is 4.39. The van der Waals surface area contributed by atoms with Crippen LogP contribution in [-0.2, 0) is 27.2 Å². The van der Waals surface area contributed by atoms with Gasteiger partial charge in [0.1, 0.15) is 6.54 Å². The summed E-state index contributed by atoms with van der Waals surface area (Å²) in [6.45, 7) is -0.0896. The minimum absolute atomic E-state index is 0. The van der Waals surface area contributed by atoms with Gasteiger partial charge in [-0.25, -0.2) is 0 Å². The number of hydrogen-bond acceptors (Lipinski definition) is 5. The maximum absolute atomic E-state index is 10.7. The fourth-order valence-electron chi connectivity index (χ4n) is 0.714. The molecule has 0 fully saturated rings. The Kier molecular flexibility index (Phi) is 6.21. The van der Waals surface area contributed by atoms with Gasteiger partial charge in [0.25, 0.3) is 0 Å². The topological polar surface area (TPSA) is 84.2 Å². The maximum Gasteiger partial charge on any atom is 1.00 e. The second kappa shape index (κ2) is 6.31. The van der Waals surface area contributed by atoms with E-state index in [-0.39, 0.29) is 41.0 Å². The van der Waals surface area contributed by atoms with Crippen molar-refractivity contribution in [1.82, 2.24) is 9.78 Å². The van der Waals surface area contributed by atoms with Crippen LogP contribution in [0.15, 0.2) is 17.3 Å². The van der Waals surface area contributed by atoms with Gasteiger partial charge in [-0.2, -0.15) is 5.10 Å². The molecule has 6 nitrogen and oxygen atoms in total. The number of ether oxygens (including phenoxy) is 1. The van der Waals surface area contributed by atoms with Crippen LogP contribution in [0.3, 0.4) is 0 Å². The summed E-state index contributed by atoms with van der Waals surface area (Å²) in [5, 5.41) is 3.65. The molecule has 1 atom stereocenters. The fraction of sp³-hybridized carbons (Fsp3) is 0.333. The number of esters is 1. The zero-order valence-corrected chi connectivity index (χ0v) is 10.6. The molecule has 1 heterocycles. The van der Waals surface area contributed by atoms with E-state index in [0.29, 0.717) is 0 Å². The van der Waals surface area contributed by atoms with Crippen LogP contribution in [-0.4, -0.2) is 31.6 Å². The average molecular weight is 226 g/mol. The minimum Gasteiger partial charge on any atom is -0.768 e. The first-order valence-electron chi connectivity index (χ1n) is 3.32. The molecule has 72 valence electrons. The smallest absolute Gasteiger partial charge is 0.768 e. The molecule has 0 N–H and O–H groups in total. The Hall–Kier alpha value is -0.210. The number of carbonyl (C=O) groups is 1. The van der Waals surface area contributed by atoms with Gasteiger partial charge in [-0.1, -0.05) is 0 Å². The Labute approximate surface area is 105 Å². The van der Waals surface area contributed by atoms with Crippen LogP contribution in [0, 0.1) is 0 Å². The van der Waals surface area contributed by atoms with Crippen molar-refractivity contribution in [3.8, 4) is 0 Å². The molecular formula is C6H7N2NaO4S. The van der Waals surface area contributed by atoms with Crippen molar-refractivity contribution < 1.29 is 47.9 Å². The molecule has 0 aliphatic carbocycles. The summed E-state index contributed by atoms with van der Waals surface area (Å²) in [7, 11) is 1.25. The van der Waals surface area contributed by atoms with E-state index in [1.165, 1.54) is 18.0 Å². The van der Waals surface area contributed by atoms with Gasteiger partial charge in [-0.05, 0) is 11.1 Å². The van der Waals surface area contributed by atoms with Crippen LogP contribution in [0.2, 0.25) is 0 Å². The molecule has 0 spiro atoms. The van der Waals surface area contributed by atoms with E-state index < -0.39 is 17.0 Å². The summed E-state index contributed by atoms with van der Waals surface area (Å²) in [5.74, 6) is -0.480. The van der Waals surface area contributed by atoms with Gasteiger partial charge in [-0.3, -0.25) is 13.7 Å². The third kappa shape index (κ3) is 3.89. The zero-order valence-electron chi connectivity index (χ0n) is 7.80. The fourth-order valence-corrected chi connectivity index (χ4v) is 1.05. The predicted molar refractivity (Wildman–Crippen MR) is 41.4 cm³/mol. The van der Waals surface area contributed by atoms with Crippen LogP contribution in [0.5, 0.6) is 0 Å². The number of methoxy groups -OCH3 is 1. The molecule has 1 aromatic heterocycles. The van der Waals surface area contributed by atoms with Gasteiger partial charge in [0, 0.05) is 6.20 Å². The van der Waals surface area contributed by atoms with E-state index in [0.717, 1.165) is 6.20 Å². The van der Waals surface area contributed by atoms with Crippen LogP contribution < -0.4 is 29.6 Å². The quantitative estimate of drug-likeness (QED) is 0.301. The summed E-state index contributed by atoms with van der Waals surface area (Å²) in [4.78, 5) is 10.8. The molecule has 0 radical (unpaired) electrons. The molecule has 1 rings (SSSR count). The molecule has 0 aliphatic rings. The second-order valence-corrected chi connectivity index (χ2v) is 3.13. The Bertz CT molecular complexity index is 340. The summed E-state index contributed by atoms with van der Waals surface area (Å²) in [6.07, 6.45) is 2.41. The molecule has 0 aliphatic heterocycles. The van der Waals surface area contributed by atoms with Gasteiger partial charge < -0.3 is 9.29 Å². The third-order valence-electron chi connectivity index (χ3n) is 1.32. The molecule has 14 heavy (non-hydrogen) atoms. The number of carbonyl (C=O) groups excluding carboxylic acids is 1. The van der Waals surface area contributed by atoms with Crippen molar-refractivity contribution in [3.63, 3.8) is 0 Å². The van der Waals surface area contributed by atoms with Crippen molar-refractivity contribution in [2.45, 2.75) is 11.4 Å². The maximum atomic E-state index is 10.7. The number of nitrogens with zero attached hydrogens (tertiary/aromatic N) is 2. The Morgan fingerprint density at radius 1 is 1.79 bits per heavy atom. The third-order valence-corrected chi connectivity index (χ3v) is 1.92. The first-order chi connectivity index (χ1) is 6.13. The first kappa shape index (κ1) is 13.8. The van der Waals surface area contributed by atoms with E-state index in [4.69, 9.17) is 0 Å². The Morgan fingerprint density at radius 2 is 2.43 bits per heavy atom. The van der Waals surface area contributed by atoms with E-state index >= 15 is 0 Å². The van der Waals surface area contributed by atoms with Gasteiger partial charge in [-0.15, -0.1) is 0 Å². The van der Waals surface area contributed by atoms with E-state index in [9.17, 15) is 13.6 Å². The van der Waals surface area contributed by atoms with Gasteiger partial charge >= 0.3 is 35.5 Å². The SMILES string of the molecule is COC(=O)Cn1cc(S(=O)[O-])cn1.[Na+]. The van der Waals surface area contributed by atoms with Crippen molar-refractivity contribution in [2.24, 2.45) is 0 Å². The molecule has 1 aromatic rings. The van der Waals surface area contributed by atoms with Crippen LogP contribution in [0.1, 0.15) is 0 Å². The van der Waals surface area contributed by atoms with E-state index in [1.807, 2.05) is 0 Å². The number of aromatic nitrogens is 2. The van der Waals surface area contributed by atoms with Crippen LogP contribution >= 0.6 is 0 Å². The zero-order chi connectivity index (χ0) is 9.84. The number of hydrogen-bond donors (Lipinski definition) is 0. The van der Waals surface area contributed by atoms with Gasteiger partial charge in [0.05, 0.1) is 18.2 Å². The predicted octanol–water partition coefficient (Wildman–Crippen LogP) is -3.70. The summed E-state index contributed by atoms with van der Waals surface area (Å²) in [6, 6.07) is 0. The monoisotopic (exact) mass is 226 g/mol. The van der Waals surface area contributed by atoms with Gasteiger partial charge in [0.2, 0.25) is 0 Å². The van der Waals surface area contributed by atoms with Crippen LogP contribution in [0.4, 0.5) is 0 Å². The van der Waals surface area contributed by atoms with Crippen molar-refractivity contribution in [3.05, 3.63) is 12.4 Å². The molecular weight excluding hydrogens is 219 g/mol. The number of rotatable bonds is 3. The van der Waals surface area contributed by atoms with Crippen LogP contribution in [0.25, 0.3) is 0 Å². The van der Waals surface area contributed by atoms with Crippen molar-refractivity contribution in [2.75, 3.05) is 7.11 Å². The molecule has 0 amide bonds. The van der Waals surface area contributed by atoms with E-state index in [2.05, 4.69) is 9.84 Å². The molecule has 0 saturated heterocycles. The molecule has 1 unspecified atom stereocenters.